The first-order valence-electron chi connectivity index (χ1n) is 13.3. The van der Waals surface area contributed by atoms with Crippen LogP contribution in [-0.4, -0.2) is 24.4 Å². The molecule has 0 radical (unpaired) electrons. The second-order valence-electron chi connectivity index (χ2n) is 10.7. The van der Waals surface area contributed by atoms with E-state index in [-0.39, 0.29) is 30.6 Å². The van der Waals surface area contributed by atoms with Gasteiger partial charge in [0.1, 0.15) is 0 Å². The number of hydrogen-bond acceptors (Lipinski definition) is 4. The van der Waals surface area contributed by atoms with Crippen LogP contribution in [0.15, 0.2) is 36.4 Å². The standard InChI is InChI=1S/C30H43NO4/c1-5-6-8-13-23(24-14-11-15-27-29(24)35-21-34-27)20-28(33)31-26-19-22(12-9-7-10-18-32)16-17-25(26)30(2,3)4/h11,14-17,19,23,32H,5-10,12-13,18,20-21H2,1-4H3,(H,31,33). The number of aliphatic hydroxyl groups excluding tert-OH is 1. The SMILES string of the molecule is CCCCCC(CC(=O)Nc1cc(CCCCCO)ccc1C(C)(C)C)c1cccc2c1OCO2. The lowest BCUT2D eigenvalue weighted by Gasteiger charge is -2.25. The van der Waals surface area contributed by atoms with Crippen LogP contribution in [0, 0.1) is 0 Å². The third-order valence-electron chi connectivity index (χ3n) is 6.74. The van der Waals surface area contributed by atoms with Gasteiger partial charge in [0.05, 0.1) is 0 Å². The van der Waals surface area contributed by atoms with Crippen molar-refractivity contribution in [1.82, 2.24) is 0 Å². The highest BCUT2D eigenvalue weighted by molar-refractivity contribution is 5.92. The Kier molecular flexibility index (Phi) is 10.0. The number of anilines is 1. The van der Waals surface area contributed by atoms with Crippen molar-refractivity contribution in [2.75, 3.05) is 18.7 Å². The molecule has 2 aromatic rings. The Hall–Kier alpha value is -2.53. The van der Waals surface area contributed by atoms with Crippen LogP contribution < -0.4 is 14.8 Å². The molecule has 1 unspecified atom stereocenters. The van der Waals surface area contributed by atoms with Crippen LogP contribution >= 0.6 is 0 Å². The summed E-state index contributed by atoms with van der Waals surface area (Å²) in [5, 5.41) is 12.3. The Morgan fingerprint density at radius 1 is 1.06 bits per heavy atom. The van der Waals surface area contributed by atoms with Crippen molar-refractivity contribution in [1.29, 1.82) is 0 Å². The lowest BCUT2D eigenvalue weighted by molar-refractivity contribution is -0.116. The Bertz CT molecular complexity index is 963. The zero-order chi connectivity index (χ0) is 25.3. The van der Waals surface area contributed by atoms with Gasteiger partial charge in [0.25, 0.3) is 0 Å². The largest absolute Gasteiger partial charge is 0.454 e. The van der Waals surface area contributed by atoms with Crippen molar-refractivity contribution in [3.63, 3.8) is 0 Å². The quantitative estimate of drug-likeness (QED) is 0.299. The monoisotopic (exact) mass is 481 g/mol. The molecule has 3 rings (SSSR count). The van der Waals surface area contributed by atoms with E-state index < -0.39 is 0 Å². The van der Waals surface area contributed by atoms with Crippen molar-refractivity contribution in [3.8, 4) is 11.5 Å². The molecule has 0 aliphatic carbocycles. The molecule has 0 aromatic heterocycles. The summed E-state index contributed by atoms with van der Waals surface area (Å²) in [5.74, 6) is 1.68. The van der Waals surface area contributed by atoms with Crippen LogP contribution in [0.1, 0.15) is 102 Å². The molecule has 0 fully saturated rings. The number of rotatable bonds is 13. The van der Waals surface area contributed by atoms with Crippen LogP contribution in [-0.2, 0) is 16.6 Å². The van der Waals surface area contributed by atoms with Gasteiger partial charge in [0, 0.05) is 24.3 Å². The van der Waals surface area contributed by atoms with E-state index in [0.29, 0.717) is 6.42 Å². The van der Waals surface area contributed by atoms with Crippen molar-refractivity contribution in [2.45, 2.75) is 96.8 Å². The second kappa shape index (κ2) is 13.0. The number of benzene rings is 2. The van der Waals surface area contributed by atoms with Gasteiger partial charge in [-0.25, -0.2) is 0 Å². The molecule has 0 saturated heterocycles. The number of carbonyl (C=O) groups excluding carboxylic acids is 1. The minimum atomic E-state index is -0.0794. The molecule has 5 nitrogen and oxygen atoms in total. The zero-order valence-electron chi connectivity index (χ0n) is 22.0. The van der Waals surface area contributed by atoms with E-state index >= 15 is 0 Å². The molecule has 2 aromatic carbocycles. The maximum absolute atomic E-state index is 13.4. The van der Waals surface area contributed by atoms with Gasteiger partial charge in [0.2, 0.25) is 12.7 Å². The summed E-state index contributed by atoms with van der Waals surface area (Å²) in [4.78, 5) is 13.4. The fraction of sp³-hybridized carbons (Fsp3) is 0.567. The first kappa shape index (κ1) is 27.1. The fourth-order valence-electron chi connectivity index (χ4n) is 4.83. The van der Waals surface area contributed by atoms with E-state index in [2.05, 4.69) is 57.3 Å². The lowest BCUT2D eigenvalue weighted by Crippen LogP contribution is -2.20. The van der Waals surface area contributed by atoms with Gasteiger partial charge in [-0.3, -0.25) is 4.79 Å². The molecule has 5 heteroatoms. The topological polar surface area (TPSA) is 67.8 Å². The van der Waals surface area contributed by atoms with Crippen LogP contribution in [0.2, 0.25) is 0 Å². The van der Waals surface area contributed by atoms with Gasteiger partial charge in [-0.1, -0.05) is 77.6 Å². The molecule has 0 spiro atoms. The van der Waals surface area contributed by atoms with Crippen molar-refractivity contribution < 1.29 is 19.4 Å². The summed E-state index contributed by atoms with van der Waals surface area (Å²) >= 11 is 0. The number of hydrogen-bond donors (Lipinski definition) is 2. The van der Waals surface area contributed by atoms with Crippen LogP contribution in [0.4, 0.5) is 5.69 Å². The molecule has 0 saturated carbocycles. The molecule has 1 atom stereocenters. The van der Waals surface area contributed by atoms with Gasteiger partial charge < -0.3 is 19.9 Å². The molecule has 1 aliphatic heterocycles. The number of unbranched alkanes of at least 4 members (excludes halogenated alkanes) is 4. The highest BCUT2D eigenvalue weighted by Crippen LogP contribution is 2.42. The molecule has 1 aliphatic rings. The van der Waals surface area contributed by atoms with Gasteiger partial charge >= 0.3 is 0 Å². The van der Waals surface area contributed by atoms with E-state index in [4.69, 9.17) is 14.6 Å². The van der Waals surface area contributed by atoms with Crippen LogP contribution in [0.3, 0.4) is 0 Å². The average molecular weight is 482 g/mol. The summed E-state index contributed by atoms with van der Waals surface area (Å²) in [6.45, 7) is 9.21. The van der Waals surface area contributed by atoms with E-state index in [1.807, 2.05) is 12.1 Å². The minimum Gasteiger partial charge on any atom is -0.454 e. The summed E-state index contributed by atoms with van der Waals surface area (Å²) in [6, 6.07) is 12.5. The molecule has 2 N–H and O–H groups in total. The molecule has 35 heavy (non-hydrogen) atoms. The summed E-state index contributed by atoms with van der Waals surface area (Å²) < 4.78 is 11.4. The number of aryl methyl sites for hydroxylation is 1. The fourth-order valence-corrected chi connectivity index (χ4v) is 4.83. The first-order valence-corrected chi connectivity index (χ1v) is 13.3. The lowest BCUT2D eigenvalue weighted by atomic mass is 9.84. The number of fused-ring (bicyclic) bond motifs is 1. The maximum Gasteiger partial charge on any atom is 0.231 e. The zero-order valence-corrected chi connectivity index (χ0v) is 22.0. The smallest absolute Gasteiger partial charge is 0.231 e. The highest BCUT2D eigenvalue weighted by atomic mass is 16.7. The molecule has 1 amide bonds. The second-order valence-corrected chi connectivity index (χ2v) is 10.7. The van der Waals surface area contributed by atoms with Crippen molar-refractivity contribution in [3.05, 3.63) is 53.1 Å². The first-order chi connectivity index (χ1) is 16.8. The molecule has 1 heterocycles. The molecule has 0 bridgehead atoms. The van der Waals surface area contributed by atoms with Gasteiger partial charge in [0.15, 0.2) is 11.5 Å². The number of carbonyl (C=O) groups is 1. The Morgan fingerprint density at radius 3 is 2.63 bits per heavy atom. The van der Waals surface area contributed by atoms with E-state index in [1.165, 1.54) is 5.56 Å². The van der Waals surface area contributed by atoms with Gasteiger partial charge in [-0.2, -0.15) is 0 Å². The molecule has 192 valence electrons. The van der Waals surface area contributed by atoms with Gasteiger partial charge in [-0.15, -0.1) is 0 Å². The van der Waals surface area contributed by atoms with E-state index in [9.17, 15) is 4.79 Å². The minimum absolute atomic E-state index is 0.0333. The Morgan fingerprint density at radius 2 is 1.89 bits per heavy atom. The summed E-state index contributed by atoms with van der Waals surface area (Å²) in [7, 11) is 0. The highest BCUT2D eigenvalue weighted by Gasteiger charge is 2.26. The third kappa shape index (κ3) is 7.73. The third-order valence-corrected chi connectivity index (χ3v) is 6.74. The average Bonchev–Trinajstić information content (AvgIpc) is 3.30. The van der Waals surface area contributed by atoms with E-state index in [0.717, 1.165) is 79.7 Å². The Labute approximate surface area is 211 Å². The van der Waals surface area contributed by atoms with Crippen molar-refractivity contribution in [2.24, 2.45) is 0 Å². The number of amides is 1. The van der Waals surface area contributed by atoms with Crippen LogP contribution in [0.25, 0.3) is 0 Å². The normalized spacial score (nSPS) is 13.6. The number of nitrogens with one attached hydrogen (secondary N) is 1. The number of aliphatic hydroxyl groups is 1. The maximum atomic E-state index is 13.4. The number of para-hydroxylation sites is 1. The Balaban J connectivity index is 1.78. The van der Waals surface area contributed by atoms with Crippen molar-refractivity contribution >= 4 is 11.6 Å². The molecular formula is C30H43NO4. The van der Waals surface area contributed by atoms with E-state index in [1.54, 1.807) is 0 Å². The summed E-state index contributed by atoms with van der Waals surface area (Å²) in [6.07, 6.45) is 8.54. The van der Waals surface area contributed by atoms with Crippen LogP contribution in [0.5, 0.6) is 11.5 Å². The predicted molar refractivity (Wildman–Crippen MR) is 142 cm³/mol. The summed E-state index contributed by atoms with van der Waals surface area (Å²) in [5.41, 5.74) is 4.26. The predicted octanol–water partition coefficient (Wildman–Crippen LogP) is 7.11. The molecular weight excluding hydrogens is 438 g/mol. The number of ether oxygens (including phenoxy) is 2. The van der Waals surface area contributed by atoms with Gasteiger partial charge in [-0.05, 0) is 60.3 Å².